The van der Waals surface area contributed by atoms with Gasteiger partial charge in [0.15, 0.2) is 0 Å². The van der Waals surface area contributed by atoms with Gasteiger partial charge in [0.2, 0.25) is 0 Å². The van der Waals surface area contributed by atoms with Crippen molar-refractivity contribution in [3.05, 3.63) is 0 Å². The summed E-state index contributed by atoms with van der Waals surface area (Å²) >= 11 is 0. The molecule has 2 fully saturated rings. The van der Waals surface area contributed by atoms with Gasteiger partial charge in [0.05, 0.1) is 12.0 Å². The predicted octanol–water partition coefficient (Wildman–Crippen LogP) is 1.26. The fourth-order valence-electron chi connectivity index (χ4n) is 2.93. The van der Waals surface area contributed by atoms with Gasteiger partial charge in [-0.05, 0) is 43.9 Å². The number of rotatable bonds is 1. The third-order valence-electron chi connectivity index (χ3n) is 3.64. The Balaban J connectivity index is 1.98. The topological polar surface area (TPSA) is 57.5 Å². The molecule has 74 valence electrons. The summed E-state index contributed by atoms with van der Waals surface area (Å²) in [5, 5.41) is 18.3. The molecule has 0 amide bonds. The lowest BCUT2D eigenvalue weighted by molar-refractivity contribution is -0.141. The molecule has 13 heavy (non-hydrogen) atoms. The molecule has 2 rings (SSSR count). The van der Waals surface area contributed by atoms with E-state index in [1.165, 1.54) is 0 Å². The zero-order valence-electron chi connectivity index (χ0n) is 7.65. The molecule has 4 atom stereocenters. The average Bonchev–Trinajstić information content (AvgIpc) is 2.46. The second kappa shape index (κ2) is 3.29. The van der Waals surface area contributed by atoms with Crippen LogP contribution in [0.25, 0.3) is 0 Å². The van der Waals surface area contributed by atoms with E-state index in [2.05, 4.69) is 0 Å². The monoisotopic (exact) mass is 184 g/mol. The van der Waals surface area contributed by atoms with E-state index in [1.54, 1.807) is 0 Å². The Hall–Kier alpha value is -0.570. The normalized spacial score (nSPS) is 44.4. The van der Waals surface area contributed by atoms with Crippen molar-refractivity contribution in [2.24, 2.45) is 17.8 Å². The largest absolute Gasteiger partial charge is 0.481 e. The second-order valence-electron chi connectivity index (χ2n) is 4.49. The molecule has 2 saturated carbocycles. The van der Waals surface area contributed by atoms with Crippen LogP contribution in [0.2, 0.25) is 0 Å². The van der Waals surface area contributed by atoms with Crippen LogP contribution in [0.4, 0.5) is 0 Å². The lowest BCUT2D eigenvalue weighted by atomic mass is 9.80. The van der Waals surface area contributed by atoms with Gasteiger partial charge in [-0.25, -0.2) is 0 Å². The minimum Gasteiger partial charge on any atom is -0.481 e. The lowest BCUT2D eigenvalue weighted by Crippen LogP contribution is -2.23. The molecule has 2 N–H and O–H groups in total. The van der Waals surface area contributed by atoms with Gasteiger partial charge in [0, 0.05) is 0 Å². The first-order valence-electron chi connectivity index (χ1n) is 5.07. The van der Waals surface area contributed by atoms with Crippen molar-refractivity contribution >= 4 is 5.97 Å². The van der Waals surface area contributed by atoms with Crippen molar-refractivity contribution in [1.82, 2.24) is 0 Å². The highest BCUT2D eigenvalue weighted by molar-refractivity contribution is 5.70. The minimum absolute atomic E-state index is 0.139. The molecule has 0 aliphatic heterocycles. The fraction of sp³-hybridized carbons (Fsp3) is 0.900. The fourth-order valence-corrected chi connectivity index (χ4v) is 2.93. The third kappa shape index (κ3) is 1.70. The number of carbonyl (C=O) groups is 1. The van der Waals surface area contributed by atoms with Crippen LogP contribution in [-0.2, 0) is 4.79 Å². The van der Waals surface area contributed by atoms with Crippen LogP contribution in [0.3, 0.4) is 0 Å². The molecular weight excluding hydrogens is 168 g/mol. The Bertz CT molecular complexity index is 214. The van der Waals surface area contributed by atoms with Crippen molar-refractivity contribution in [3.8, 4) is 0 Å². The molecule has 3 nitrogen and oxygen atoms in total. The summed E-state index contributed by atoms with van der Waals surface area (Å²) in [5.74, 6) is 0.263. The van der Waals surface area contributed by atoms with Gasteiger partial charge in [-0.2, -0.15) is 0 Å². The van der Waals surface area contributed by atoms with E-state index in [0.717, 1.165) is 32.1 Å². The number of aliphatic hydroxyl groups is 1. The molecule has 0 bridgehead atoms. The molecule has 0 spiro atoms. The molecule has 3 heteroatoms. The van der Waals surface area contributed by atoms with E-state index in [4.69, 9.17) is 5.11 Å². The second-order valence-corrected chi connectivity index (χ2v) is 4.49. The van der Waals surface area contributed by atoms with Crippen LogP contribution in [0, 0.1) is 17.8 Å². The van der Waals surface area contributed by atoms with Gasteiger partial charge in [0.25, 0.3) is 0 Å². The summed E-state index contributed by atoms with van der Waals surface area (Å²) in [7, 11) is 0. The van der Waals surface area contributed by atoms with Crippen LogP contribution in [-0.4, -0.2) is 22.3 Å². The summed E-state index contributed by atoms with van der Waals surface area (Å²) in [5.41, 5.74) is 0. The molecule has 0 aromatic heterocycles. The van der Waals surface area contributed by atoms with Crippen LogP contribution < -0.4 is 0 Å². The third-order valence-corrected chi connectivity index (χ3v) is 3.64. The molecule has 0 aromatic rings. The smallest absolute Gasteiger partial charge is 0.306 e. The Kier molecular flexibility index (Phi) is 2.28. The molecule has 2 aliphatic rings. The van der Waals surface area contributed by atoms with Gasteiger partial charge >= 0.3 is 5.97 Å². The average molecular weight is 184 g/mol. The van der Waals surface area contributed by atoms with E-state index >= 15 is 0 Å². The van der Waals surface area contributed by atoms with Crippen molar-refractivity contribution in [1.29, 1.82) is 0 Å². The molecule has 0 radical (unpaired) electrons. The maximum absolute atomic E-state index is 10.8. The van der Waals surface area contributed by atoms with Gasteiger partial charge in [-0.1, -0.05) is 0 Å². The first kappa shape index (κ1) is 9.00. The number of hydrogen-bond acceptors (Lipinski definition) is 2. The first-order chi connectivity index (χ1) is 6.16. The quantitative estimate of drug-likeness (QED) is 0.645. The van der Waals surface area contributed by atoms with E-state index in [0.29, 0.717) is 11.8 Å². The number of fused-ring (bicyclic) bond motifs is 1. The van der Waals surface area contributed by atoms with E-state index in [-0.39, 0.29) is 12.0 Å². The summed E-state index contributed by atoms with van der Waals surface area (Å²) in [6, 6.07) is 0. The number of hydrogen-bond donors (Lipinski definition) is 2. The SMILES string of the molecule is O=C(O)[C@@H]1C[C@@H]2CC[C@H](O)C[C@H]2C1. The zero-order chi connectivity index (χ0) is 9.42. The highest BCUT2D eigenvalue weighted by atomic mass is 16.4. The summed E-state index contributed by atoms with van der Waals surface area (Å²) in [6.07, 6.45) is 4.18. The molecule has 0 aromatic carbocycles. The van der Waals surface area contributed by atoms with Crippen LogP contribution in [0.15, 0.2) is 0 Å². The minimum atomic E-state index is -0.649. The Morgan fingerprint density at radius 3 is 2.46 bits per heavy atom. The van der Waals surface area contributed by atoms with E-state index < -0.39 is 5.97 Å². The van der Waals surface area contributed by atoms with Gasteiger partial charge in [-0.15, -0.1) is 0 Å². The highest BCUT2D eigenvalue weighted by Gasteiger charge is 2.40. The highest BCUT2D eigenvalue weighted by Crippen LogP contribution is 2.45. The van der Waals surface area contributed by atoms with Crippen LogP contribution in [0.1, 0.15) is 32.1 Å². The van der Waals surface area contributed by atoms with Crippen molar-refractivity contribution in [3.63, 3.8) is 0 Å². The van der Waals surface area contributed by atoms with Crippen LogP contribution in [0.5, 0.6) is 0 Å². The standard InChI is InChI=1S/C10H16O3/c11-9-2-1-6-3-8(10(12)13)4-7(6)5-9/h6-9,11H,1-5H2,(H,12,13)/t6-,7+,8+,9-/m0/s1. The molecule has 0 unspecified atom stereocenters. The number of carboxylic acids is 1. The molecule has 2 aliphatic carbocycles. The zero-order valence-corrected chi connectivity index (χ0v) is 7.65. The van der Waals surface area contributed by atoms with Gasteiger partial charge in [-0.3, -0.25) is 4.79 Å². The first-order valence-corrected chi connectivity index (χ1v) is 5.07. The summed E-state index contributed by atoms with van der Waals surface area (Å²) in [4.78, 5) is 10.8. The van der Waals surface area contributed by atoms with Crippen molar-refractivity contribution in [2.75, 3.05) is 0 Å². The molecule has 0 heterocycles. The number of carboxylic acid groups (broad SMARTS) is 1. The Morgan fingerprint density at radius 2 is 1.77 bits per heavy atom. The lowest BCUT2D eigenvalue weighted by Gasteiger charge is -2.28. The predicted molar refractivity (Wildman–Crippen MR) is 47.2 cm³/mol. The number of aliphatic carboxylic acids is 1. The summed E-state index contributed by atoms with van der Waals surface area (Å²) < 4.78 is 0. The summed E-state index contributed by atoms with van der Waals surface area (Å²) in [6.45, 7) is 0. The van der Waals surface area contributed by atoms with Gasteiger partial charge < -0.3 is 10.2 Å². The molecule has 0 saturated heterocycles. The van der Waals surface area contributed by atoms with Crippen molar-refractivity contribution in [2.45, 2.75) is 38.2 Å². The van der Waals surface area contributed by atoms with E-state index in [9.17, 15) is 9.90 Å². The Morgan fingerprint density at radius 1 is 1.08 bits per heavy atom. The maximum Gasteiger partial charge on any atom is 0.306 e. The van der Waals surface area contributed by atoms with Gasteiger partial charge in [0.1, 0.15) is 0 Å². The van der Waals surface area contributed by atoms with Crippen LogP contribution >= 0.6 is 0 Å². The number of aliphatic hydroxyl groups excluding tert-OH is 1. The van der Waals surface area contributed by atoms with Crippen molar-refractivity contribution < 1.29 is 15.0 Å². The molecular formula is C10H16O3. The maximum atomic E-state index is 10.8. The van der Waals surface area contributed by atoms with E-state index in [1.807, 2.05) is 0 Å². The Labute approximate surface area is 77.8 Å².